The number of rotatable bonds is 4. The number of carbonyl (C=O) groups is 1. The van der Waals surface area contributed by atoms with E-state index in [1.807, 2.05) is 0 Å². The Morgan fingerprint density at radius 3 is 2.05 bits per heavy atom. The average molecular weight is 308 g/mol. The fourth-order valence-electron chi connectivity index (χ4n) is 2.24. The summed E-state index contributed by atoms with van der Waals surface area (Å²) in [5.74, 6) is -0.698. The topological polar surface area (TPSA) is 37.3 Å². The maximum atomic E-state index is 13.6. The molecule has 2 nitrogen and oxygen atoms in total. The number of carbonyl (C=O) groups excluding carboxylic acids is 1. The molecule has 22 heavy (non-hydrogen) atoms. The van der Waals surface area contributed by atoms with E-state index < -0.39 is 23.8 Å². The minimum absolute atomic E-state index is 0.0536. The van der Waals surface area contributed by atoms with E-state index in [9.17, 15) is 23.1 Å². The van der Waals surface area contributed by atoms with Crippen molar-refractivity contribution < 1.29 is 23.1 Å². The van der Waals surface area contributed by atoms with Crippen molar-refractivity contribution in [1.29, 1.82) is 0 Å². The van der Waals surface area contributed by atoms with Crippen molar-refractivity contribution in [2.45, 2.75) is 24.9 Å². The first-order chi connectivity index (χ1) is 10.2. The van der Waals surface area contributed by atoms with E-state index >= 15 is 0 Å². The van der Waals surface area contributed by atoms with Crippen LogP contribution in [0.1, 0.15) is 29.3 Å². The molecular formula is C17H15F3O2. The number of Topliss-reactive ketones (excluding diaryl/α,β-unsaturated/α-hetero) is 1. The molecule has 0 spiro atoms. The number of alkyl halides is 3. The van der Waals surface area contributed by atoms with Gasteiger partial charge in [-0.2, -0.15) is 13.2 Å². The average Bonchev–Trinajstić information content (AvgIpc) is 2.47. The maximum absolute atomic E-state index is 13.6. The third-order valence-corrected chi connectivity index (χ3v) is 3.74. The highest BCUT2D eigenvalue weighted by Gasteiger charge is 2.53. The molecule has 116 valence electrons. The van der Waals surface area contributed by atoms with Crippen LogP contribution in [0.4, 0.5) is 13.2 Å². The van der Waals surface area contributed by atoms with Gasteiger partial charge in [-0.25, -0.2) is 0 Å². The molecule has 0 fully saturated rings. The first kappa shape index (κ1) is 16.1. The minimum atomic E-state index is -4.59. The molecule has 2 aromatic carbocycles. The van der Waals surface area contributed by atoms with Crippen molar-refractivity contribution in [1.82, 2.24) is 0 Å². The van der Waals surface area contributed by atoms with Crippen LogP contribution in [-0.2, 0) is 5.41 Å². The Labute approximate surface area is 126 Å². The van der Waals surface area contributed by atoms with Gasteiger partial charge in [0.15, 0.2) is 5.78 Å². The van der Waals surface area contributed by atoms with Crippen molar-refractivity contribution in [3.63, 3.8) is 0 Å². The van der Waals surface area contributed by atoms with Crippen molar-refractivity contribution in [2.75, 3.05) is 0 Å². The highest BCUT2D eigenvalue weighted by molar-refractivity contribution is 5.97. The molecule has 2 rings (SSSR count). The van der Waals surface area contributed by atoms with Gasteiger partial charge in [0.25, 0.3) is 0 Å². The van der Waals surface area contributed by atoms with Gasteiger partial charge in [-0.1, -0.05) is 42.5 Å². The number of hydrogen-bond donors (Lipinski definition) is 1. The molecule has 1 N–H and O–H groups in total. The predicted molar refractivity (Wildman–Crippen MR) is 76.9 cm³/mol. The molecule has 0 aliphatic carbocycles. The second-order valence-corrected chi connectivity index (χ2v) is 5.34. The number of benzene rings is 2. The first-order valence-electron chi connectivity index (χ1n) is 6.68. The van der Waals surface area contributed by atoms with Crippen LogP contribution in [0.2, 0.25) is 0 Å². The molecule has 0 aliphatic rings. The summed E-state index contributed by atoms with van der Waals surface area (Å²) in [7, 11) is 0. The lowest BCUT2D eigenvalue weighted by molar-refractivity contribution is -0.184. The lowest BCUT2D eigenvalue weighted by Crippen LogP contribution is -2.41. The summed E-state index contributed by atoms with van der Waals surface area (Å²) < 4.78 is 40.7. The summed E-state index contributed by atoms with van der Waals surface area (Å²) in [6.45, 7) is 1.00. The molecule has 0 amide bonds. The zero-order valence-corrected chi connectivity index (χ0v) is 11.9. The summed E-state index contributed by atoms with van der Waals surface area (Å²) in [6.07, 6.45) is -5.28. The number of halogens is 3. The van der Waals surface area contributed by atoms with Crippen LogP contribution in [0, 0.1) is 0 Å². The molecule has 0 aromatic heterocycles. The van der Waals surface area contributed by atoms with Crippen LogP contribution >= 0.6 is 0 Å². The van der Waals surface area contributed by atoms with Gasteiger partial charge < -0.3 is 5.11 Å². The van der Waals surface area contributed by atoms with Crippen LogP contribution in [0.25, 0.3) is 0 Å². The molecule has 0 saturated heterocycles. The lowest BCUT2D eigenvalue weighted by Gasteiger charge is -2.32. The Kier molecular flexibility index (Phi) is 4.26. The van der Waals surface area contributed by atoms with Gasteiger partial charge in [-0.3, -0.25) is 4.79 Å². The Bertz CT molecular complexity index is 648. The monoisotopic (exact) mass is 308 g/mol. The van der Waals surface area contributed by atoms with E-state index in [0.717, 1.165) is 6.92 Å². The molecule has 0 aliphatic heterocycles. The quantitative estimate of drug-likeness (QED) is 0.845. The molecule has 1 atom stereocenters. The van der Waals surface area contributed by atoms with E-state index in [1.165, 1.54) is 36.4 Å². The van der Waals surface area contributed by atoms with E-state index in [2.05, 4.69) is 0 Å². The molecule has 0 heterocycles. The van der Waals surface area contributed by atoms with Crippen LogP contribution in [0.3, 0.4) is 0 Å². The van der Waals surface area contributed by atoms with E-state index in [4.69, 9.17) is 0 Å². The molecule has 0 saturated carbocycles. The summed E-state index contributed by atoms with van der Waals surface area (Å²) in [5, 5.41) is 9.24. The Hall–Kier alpha value is -2.30. The standard InChI is InChI=1S/C17H15F3O2/c1-16(17(18,19)20,13-7-9-14(21)10-8-13)11-15(22)12-5-3-2-4-6-12/h2-10,21H,11H2,1H3. The highest BCUT2D eigenvalue weighted by Crippen LogP contribution is 2.44. The Balaban J connectivity index is 2.39. The third kappa shape index (κ3) is 3.13. The van der Waals surface area contributed by atoms with Gasteiger partial charge in [0.2, 0.25) is 0 Å². The summed E-state index contributed by atoms with van der Waals surface area (Å²) in [5.41, 5.74) is -2.12. The van der Waals surface area contributed by atoms with Gasteiger partial charge in [0.05, 0.1) is 5.41 Å². The molecule has 5 heteroatoms. The number of phenols is 1. The van der Waals surface area contributed by atoms with Gasteiger partial charge in [-0.15, -0.1) is 0 Å². The zero-order valence-electron chi connectivity index (χ0n) is 11.9. The predicted octanol–water partition coefficient (Wildman–Crippen LogP) is 4.49. The molecule has 1 unspecified atom stereocenters. The summed E-state index contributed by atoms with van der Waals surface area (Å²) in [4.78, 5) is 12.2. The van der Waals surface area contributed by atoms with Crippen LogP contribution in [0.5, 0.6) is 5.75 Å². The number of ketones is 1. The second-order valence-electron chi connectivity index (χ2n) is 5.34. The second kappa shape index (κ2) is 5.83. The highest BCUT2D eigenvalue weighted by atomic mass is 19.4. The fourth-order valence-corrected chi connectivity index (χ4v) is 2.24. The van der Waals surface area contributed by atoms with E-state index in [1.54, 1.807) is 18.2 Å². The third-order valence-electron chi connectivity index (χ3n) is 3.74. The molecular weight excluding hydrogens is 293 g/mol. The minimum Gasteiger partial charge on any atom is -0.508 e. The smallest absolute Gasteiger partial charge is 0.398 e. The van der Waals surface area contributed by atoms with Gasteiger partial charge in [0.1, 0.15) is 5.75 Å². The van der Waals surface area contributed by atoms with Crippen LogP contribution in [-0.4, -0.2) is 17.1 Å². The van der Waals surface area contributed by atoms with Crippen LogP contribution in [0.15, 0.2) is 54.6 Å². The lowest BCUT2D eigenvalue weighted by atomic mass is 9.76. The van der Waals surface area contributed by atoms with E-state index in [-0.39, 0.29) is 16.9 Å². The van der Waals surface area contributed by atoms with Gasteiger partial charge >= 0.3 is 6.18 Å². The number of phenolic OH excluding ortho intramolecular Hbond substituents is 1. The zero-order chi connectivity index (χ0) is 16.4. The van der Waals surface area contributed by atoms with Crippen LogP contribution < -0.4 is 0 Å². The molecule has 0 radical (unpaired) electrons. The maximum Gasteiger partial charge on any atom is 0.398 e. The summed E-state index contributed by atoms with van der Waals surface area (Å²) in [6, 6.07) is 12.7. The van der Waals surface area contributed by atoms with Crippen molar-refractivity contribution in [2.24, 2.45) is 0 Å². The number of hydrogen-bond acceptors (Lipinski definition) is 2. The van der Waals surface area contributed by atoms with Gasteiger partial charge in [0, 0.05) is 12.0 Å². The number of aromatic hydroxyl groups is 1. The van der Waals surface area contributed by atoms with E-state index in [0.29, 0.717) is 0 Å². The van der Waals surface area contributed by atoms with Gasteiger partial charge in [-0.05, 0) is 24.6 Å². The summed E-state index contributed by atoms with van der Waals surface area (Å²) >= 11 is 0. The van der Waals surface area contributed by atoms with Crippen molar-refractivity contribution >= 4 is 5.78 Å². The van der Waals surface area contributed by atoms with Crippen molar-refractivity contribution in [3.8, 4) is 5.75 Å². The normalized spacial score (nSPS) is 14.4. The Morgan fingerprint density at radius 2 is 1.55 bits per heavy atom. The Morgan fingerprint density at radius 1 is 1.00 bits per heavy atom. The fraction of sp³-hybridized carbons (Fsp3) is 0.235. The largest absolute Gasteiger partial charge is 0.508 e. The molecule has 0 bridgehead atoms. The first-order valence-corrected chi connectivity index (χ1v) is 6.68. The van der Waals surface area contributed by atoms with Crippen molar-refractivity contribution in [3.05, 3.63) is 65.7 Å². The SMILES string of the molecule is CC(CC(=O)c1ccccc1)(c1ccc(O)cc1)C(F)(F)F. The molecule has 2 aromatic rings.